The predicted molar refractivity (Wildman–Crippen MR) is 63.4 cm³/mol. The van der Waals surface area contributed by atoms with Gasteiger partial charge in [-0.05, 0) is 48.4 Å². The fraction of sp³-hybridized carbons (Fsp3) is 0.143. The third-order valence-electron chi connectivity index (χ3n) is 2.60. The second kappa shape index (κ2) is 4.87. The van der Waals surface area contributed by atoms with E-state index in [1.807, 2.05) is 0 Å². The van der Waals surface area contributed by atoms with Crippen LogP contribution in [0.15, 0.2) is 42.7 Å². The van der Waals surface area contributed by atoms with Gasteiger partial charge in [0.2, 0.25) is 0 Å². The molecule has 0 saturated carbocycles. The molecule has 1 aromatic carbocycles. The van der Waals surface area contributed by atoms with Crippen LogP contribution in [0.3, 0.4) is 0 Å². The Bertz CT molecular complexity index is 537. The van der Waals surface area contributed by atoms with Crippen molar-refractivity contribution >= 4 is 5.78 Å². The van der Waals surface area contributed by atoms with Crippen LogP contribution in [0, 0.1) is 12.7 Å². The van der Waals surface area contributed by atoms with Gasteiger partial charge in [0.15, 0.2) is 5.78 Å². The molecule has 0 fully saturated rings. The molecule has 0 unspecified atom stereocenters. The van der Waals surface area contributed by atoms with Gasteiger partial charge in [0.1, 0.15) is 5.82 Å². The third-order valence-corrected chi connectivity index (χ3v) is 2.60. The normalized spacial score (nSPS) is 10.2. The SMILES string of the molecule is Cc1cc(F)ccc1C(=O)Cc1ccncc1. The number of aryl methyl sites for hydroxylation is 1. The van der Waals surface area contributed by atoms with Crippen LogP contribution in [0.4, 0.5) is 4.39 Å². The predicted octanol–water partition coefficient (Wildman–Crippen LogP) is 2.95. The Kier molecular flexibility index (Phi) is 3.28. The summed E-state index contributed by atoms with van der Waals surface area (Å²) in [7, 11) is 0. The Morgan fingerprint density at radius 2 is 1.94 bits per heavy atom. The largest absolute Gasteiger partial charge is 0.294 e. The standard InChI is InChI=1S/C14H12FNO/c1-10-8-12(15)2-3-13(10)14(17)9-11-4-6-16-7-5-11/h2-8H,9H2,1H3. The molecule has 86 valence electrons. The summed E-state index contributed by atoms with van der Waals surface area (Å²) in [5, 5.41) is 0. The van der Waals surface area contributed by atoms with Crippen LogP contribution < -0.4 is 0 Å². The summed E-state index contributed by atoms with van der Waals surface area (Å²) >= 11 is 0. The number of benzene rings is 1. The molecule has 0 amide bonds. The number of aromatic nitrogens is 1. The van der Waals surface area contributed by atoms with E-state index in [2.05, 4.69) is 4.98 Å². The van der Waals surface area contributed by atoms with E-state index >= 15 is 0 Å². The maximum Gasteiger partial charge on any atom is 0.167 e. The summed E-state index contributed by atoms with van der Waals surface area (Å²) in [6, 6.07) is 7.83. The number of rotatable bonds is 3. The molecule has 2 aromatic rings. The molecule has 0 aliphatic rings. The number of nitrogens with zero attached hydrogens (tertiary/aromatic N) is 1. The lowest BCUT2D eigenvalue weighted by atomic mass is 10.00. The highest BCUT2D eigenvalue weighted by Crippen LogP contribution is 2.13. The smallest absolute Gasteiger partial charge is 0.167 e. The topological polar surface area (TPSA) is 30.0 Å². The molecule has 17 heavy (non-hydrogen) atoms. The van der Waals surface area contributed by atoms with Crippen molar-refractivity contribution in [3.8, 4) is 0 Å². The number of hydrogen-bond donors (Lipinski definition) is 0. The van der Waals surface area contributed by atoms with Crippen molar-refractivity contribution < 1.29 is 9.18 Å². The summed E-state index contributed by atoms with van der Waals surface area (Å²) in [5.41, 5.74) is 2.15. The van der Waals surface area contributed by atoms with Crippen LogP contribution in [0.25, 0.3) is 0 Å². The van der Waals surface area contributed by atoms with Gasteiger partial charge < -0.3 is 0 Å². The van der Waals surface area contributed by atoms with E-state index in [1.54, 1.807) is 31.5 Å². The molecule has 2 rings (SSSR count). The zero-order chi connectivity index (χ0) is 12.3. The minimum atomic E-state index is -0.317. The molecule has 1 heterocycles. The monoisotopic (exact) mass is 229 g/mol. The van der Waals surface area contributed by atoms with Gasteiger partial charge in [-0.3, -0.25) is 9.78 Å². The molecule has 2 nitrogen and oxygen atoms in total. The molecule has 0 atom stereocenters. The lowest BCUT2D eigenvalue weighted by Gasteiger charge is -2.05. The second-order valence-corrected chi connectivity index (χ2v) is 3.91. The fourth-order valence-electron chi connectivity index (χ4n) is 1.72. The lowest BCUT2D eigenvalue weighted by Crippen LogP contribution is -2.05. The first-order chi connectivity index (χ1) is 8.16. The third kappa shape index (κ3) is 2.75. The molecule has 0 radical (unpaired) electrons. The summed E-state index contributed by atoms with van der Waals surface area (Å²) in [6.45, 7) is 1.74. The fourth-order valence-corrected chi connectivity index (χ4v) is 1.72. The van der Waals surface area contributed by atoms with Crippen LogP contribution in [0.5, 0.6) is 0 Å². The molecule has 0 saturated heterocycles. The number of ketones is 1. The molecule has 0 bridgehead atoms. The van der Waals surface area contributed by atoms with Crippen molar-refractivity contribution in [3.05, 3.63) is 65.2 Å². The number of pyridine rings is 1. The average molecular weight is 229 g/mol. The van der Waals surface area contributed by atoms with Crippen molar-refractivity contribution in [2.45, 2.75) is 13.3 Å². The van der Waals surface area contributed by atoms with Gasteiger partial charge in [-0.15, -0.1) is 0 Å². The zero-order valence-electron chi connectivity index (χ0n) is 9.48. The minimum Gasteiger partial charge on any atom is -0.294 e. The highest BCUT2D eigenvalue weighted by Gasteiger charge is 2.10. The molecule has 0 aliphatic heterocycles. The van der Waals surface area contributed by atoms with Crippen LogP contribution in [-0.4, -0.2) is 10.8 Å². The van der Waals surface area contributed by atoms with Crippen LogP contribution in [-0.2, 0) is 6.42 Å². The number of Topliss-reactive ketones (excluding diaryl/α,β-unsaturated/α-hetero) is 1. The van der Waals surface area contributed by atoms with E-state index in [-0.39, 0.29) is 11.6 Å². The van der Waals surface area contributed by atoms with Crippen LogP contribution >= 0.6 is 0 Å². The second-order valence-electron chi connectivity index (χ2n) is 3.91. The molecule has 0 spiro atoms. The van der Waals surface area contributed by atoms with Gasteiger partial charge in [0.05, 0.1) is 0 Å². The maximum atomic E-state index is 12.9. The molecule has 3 heteroatoms. The summed E-state index contributed by atoms with van der Waals surface area (Å²) in [5.74, 6) is -0.323. The van der Waals surface area contributed by atoms with E-state index in [0.717, 1.165) is 5.56 Å². The quantitative estimate of drug-likeness (QED) is 0.757. The minimum absolute atomic E-state index is 0.00583. The van der Waals surface area contributed by atoms with E-state index in [0.29, 0.717) is 17.5 Å². The van der Waals surface area contributed by atoms with E-state index in [4.69, 9.17) is 0 Å². The molecule has 0 N–H and O–H groups in total. The molecular formula is C14H12FNO. The van der Waals surface area contributed by atoms with Gasteiger partial charge in [-0.1, -0.05) is 0 Å². The summed E-state index contributed by atoms with van der Waals surface area (Å²) in [4.78, 5) is 15.9. The van der Waals surface area contributed by atoms with Crippen molar-refractivity contribution in [2.75, 3.05) is 0 Å². The molecular weight excluding hydrogens is 217 g/mol. The number of carbonyl (C=O) groups excluding carboxylic acids is 1. The lowest BCUT2D eigenvalue weighted by molar-refractivity contribution is 0.0992. The molecule has 1 aromatic heterocycles. The summed E-state index contributed by atoms with van der Waals surface area (Å²) < 4.78 is 12.9. The van der Waals surface area contributed by atoms with Crippen LogP contribution in [0.1, 0.15) is 21.5 Å². The number of halogens is 1. The number of hydrogen-bond acceptors (Lipinski definition) is 2. The van der Waals surface area contributed by atoms with Gasteiger partial charge in [0, 0.05) is 24.4 Å². The molecule has 0 aliphatic carbocycles. The Morgan fingerprint density at radius 3 is 2.59 bits per heavy atom. The van der Waals surface area contributed by atoms with Crippen molar-refractivity contribution in [1.29, 1.82) is 0 Å². The maximum absolute atomic E-state index is 12.9. The van der Waals surface area contributed by atoms with E-state index in [9.17, 15) is 9.18 Å². The highest BCUT2D eigenvalue weighted by molar-refractivity contribution is 5.98. The van der Waals surface area contributed by atoms with Gasteiger partial charge >= 0.3 is 0 Å². The highest BCUT2D eigenvalue weighted by atomic mass is 19.1. The summed E-state index contributed by atoms with van der Waals surface area (Å²) in [6.07, 6.45) is 3.62. The Morgan fingerprint density at radius 1 is 1.24 bits per heavy atom. The van der Waals surface area contributed by atoms with Gasteiger partial charge in [-0.2, -0.15) is 0 Å². The van der Waals surface area contributed by atoms with Crippen molar-refractivity contribution in [1.82, 2.24) is 4.98 Å². The Hall–Kier alpha value is -2.03. The average Bonchev–Trinajstić information content (AvgIpc) is 2.30. The van der Waals surface area contributed by atoms with Gasteiger partial charge in [-0.25, -0.2) is 4.39 Å². The van der Waals surface area contributed by atoms with Crippen LogP contribution in [0.2, 0.25) is 0 Å². The Balaban J connectivity index is 2.21. The number of carbonyl (C=O) groups is 1. The van der Waals surface area contributed by atoms with Crippen molar-refractivity contribution in [2.24, 2.45) is 0 Å². The van der Waals surface area contributed by atoms with E-state index < -0.39 is 0 Å². The Labute approximate surface area is 99.1 Å². The van der Waals surface area contributed by atoms with E-state index in [1.165, 1.54) is 18.2 Å². The first-order valence-electron chi connectivity index (χ1n) is 5.35. The first-order valence-corrected chi connectivity index (χ1v) is 5.35. The van der Waals surface area contributed by atoms with Gasteiger partial charge in [0.25, 0.3) is 0 Å². The van der Waals surface area contributed by atoms with Crippen molar-refractivity contribution in [3.63, 3.8) is 0 Å². The zero-order valence-corrected chi connectivity index (χ0v) is 9.48. The first kappa shape index (κ1) is 11.5.